The Morgan fingerprint density at radius 1 is 1.24 bits per heavy atom. The highest BCUT2D eigenvalue weighted by atomic mass is 32.2. The Bertz CT molecular complexity index is 517. The molecule has 0 atom stereocenters. The average molecular weight is 314 g/mol. The molecule has 1 N–H and O–H groups in total. The van der Waals surface area contributed by atoms with Crippen molar-refractivity contribution in [1.82, 2.24) is 9.62 Å². The first-order valence-corrected chi connectivity index (χ1v) is 9.20. The van der Waals surface area contributed by atoms with Crippen LogP contribution in [0.25, 0.3) is 0 Å². The van der Waals surface area contributed by atoms with Gasteiger partial charge in [0.1, 0.15) is 5.75 Å². The molecule has 0 aromatic heterocycles. The standard InChI is InChI=1S/C15H26N2O3S/c1-4-17(21(3,18)19)12-8-11-16-13-14-9-6-7-10-15(14)20-5-2/h6-7,9-10,16H,4-5,8,11-13H2,1-3H3. The summed E-state index contributed by atoms with van der Waals surface area (Å²) in [6.07, 6.45) is 2.04. The molecule has 0 saturated heterocycles. The van der Waals surface area contributed by atoms with Gasteiger partial charge < -0.3 is 10.1 Å². The fourth-order valence-corrected chi connectivity index (χ4v) is 3.04. The van der Waals surface area contributed by atoms with Crippen LogP contribution in [0.3, 0.4) is 0 Å². The molecule has 0 aliphatic rings. The summed E-state index contributed by atoms with van der Waals surface area (Å²) in [5.41, 5.74) is 1.12. The van der Waals surface area contributed by atoms with E-state index in [4.69, 9.17) is 4.74 Å². The van der Waals surface area contributed by atoms with Crippen LogP contribution in [0.2, 0.25) is 0 Å². The molecule has 0 spiro atoms. The summed E-state index contributed by atoms with van der Waals surface area (Å²) < 4.78 is 30.0. The molecule has 120 valence electrons. The highest BCUT2D eigenvalue weighted by Crippen LogP contribution is 2.17. The SMILES string of the molecule is CCOc1ccccc1CNCCCN(CC)S(C)(=O)=O. The highest BCUT2D eigenvalue weighted by molar-refractivity contribution is 7.88. The number of hydrogen-bond acceptors (Lipinski definition) is 4. The van der Waals surface area contributed by atoms with E-state index in [0.29, 0.717) is 19.7 Å². The summed E-state index contributed by atoms with van der Waals surface area (Å²) in [6, 6.07) is 7.94. The van der Waals surface area contributed by atoms with E-state index in [2.05, 4.69) is 5.32 Å². The fourth-order valence-electron chi connectivity index (χ4n) is 2.11. The van der Waals surface area contributed by atoms with Gasteiger partial charge >= 0.3 is 0 Å². The molecule has 0 bridgehead atoms. The topological polar surface area (TPSA) is 58.6 Å². The number of para-hydroxylation sites is 1. The summed E-state index contributed by atoms with van der Waals surface area (Å²) >= 11 is 0. The predicted molar refractivity (Wildman–Crippen MR) is 86.0 cm³/mol. The van der Waals surface area contributed by atoms with E-state index >= 15 is 0 Å². The molecule has 0 saturated carbocycles. The van der Waals surface area contributed by atoms with Gasteiger partial charge in [-0.1, -0.05) is 25.1 Å². The van der Waals surface area contributed by atoms with Crippen molar-refractivity contribution in [2.75, 3.05) is 32.5 Å². The smallest absolute Gasteiger partial charge is 0.211 e. The lowest BCUT2D eigenvalue weighted by molar-refractivity contribution is 0.335. The molecule has 5 nitrogen and oxygen atoms in total. The van der Waals surface area contributed by atoms with Crippen molar-refractivity contribution in [2.24, 2.45) is 0 Å². The molecule has 0 aliphatic heterocycles. The van der Waals surface area contributed by atoms with Gasteiger partial charge in [0.25, 0.3) is 0 Å². The highest BCUT2D eigenvalue weighted by Gasteiger charge is 2.12. The minimum Gasteiger partial charge on any atom is -0.494 e. The van der Waals surface area contributed by atoms with Crippen LogP contribution in [0.4, 0.5) is 0 Å². The van der Waals surface area contributed by atoms with Gasteiger partial charge in [0.05, 0.1) is 12.9 Å². The number of ether oxygens (including phenoxy) is 1. The first-order valence-electron chi connectivity index (χ1n) is 7.35. The third kappa shape index (κ3) is 6.46. The lowest BCUT2D eigenvalue weighted by atomic mass is 10.2. The first-order chi connectivity index (χ1) is 9.99. The molecule has 0 unspecified atom stereocenters. The van der Waals surface area contributed by atoms with Gasteiger partial charge in [-0.05, 0) is 26.0 Å². The monoisotopic (exact) mass is 314 g/mol. The summed E-state index contributed by atoms with van der Waals surface area (Å²) in [5.74, 6) is 0.902. The minimum atomic E-state index is -3.08. The second kappa shape index (κ2) is 9.02. The number of nitrogens with zero attached hydrogens (tertiary/aromatic N) is 1. The van der Waals surface area contributed by atoms with Crippen molar-refractivity contribution in [1.29, 1.82) is 0 Å². The molecule has 0 fully saturated rings. The Morgan fingerprint density at radius 2 is 1.95 bits per heavy atom. The van der Waals surface area contributed by atoms with Crippen LogP contribution in [0.15, 0.2) is 24.3 Å². The summed E-state index contributed by atoms with van der Waals surface area (Å²) in [7, 11) is -3.08. The summed E-state index contributed by atoms with van der Waals surface area (Å²) in [6.45, 7) is 7.04. The Hall–Kier alpha value is -1.11. The van der Waals surface area contributed by atoms with Gasteiger partial charge in [-0.15, -0.1) is 0 Å². The van der Waals surface area contributed by atoms with E-state index in [-0.39, 0.29) is 0 Å². The van der Waals surface area contributed by atoms with Gasteiger partial charge in [0, 0.05) is 25.2 Å². The maximum absolute atomic E-state index is 11.5. The first kappa shape index (κ1) is 17.9. The Morgan fingerprint density at radius 3 is 2.57 bits per heavy atom. The molecule has 0 heterocycles. The van der Waals surface area contributed by atoms with E-state index in [1.54, 1.807) is 0 Å². The average Bonchev–Trinajstić information content (AvgIpc) is 2.43. The zero-order chi connectivity index (χ0) is 15.7. The number of rotatable bonds is 10. The summed E-state index contributed by atoms with van der Waals surface area (Å²) in [4.78, 5) is 0. The Labute approximate surface area is 128 Å². The minimum absolute atomic E-state index is 0.520. The van der Waals surface area contributed by atoms with Crippen LogP contribution in [0, 0.1) is 0 Å². The largest absolute Gasteiger partial charge is 0.494 e. The fraction of sp³-hybridized carbons (Fsp3) is 0.600. The van der Waals surface area contributed by atoms with Crippen LogP contribution in [-0.4, -0.2) is 45.2 Å². The normalized spacial score (nSPS) is 11.8. The Kier molecular flexibility index (Phi) is 7.71. The van der Waals surface area contributed by atoms with E-state index in [1.807, 2.05) is 38.1 Å². The van der Waals surface area contributed by atoms with Crippen LogP contribution in [-0.2, 0) is 16.6 Å². The predicted octanol–water partition coefficient (Wildman–Crippen LogP) is 1.85. The number of sulfonamides is 1. The van der Waals surface area contributed by atoms with Crippen molar-refractivity contribution in [3.8, 4) is 5.75 Å². The van der Waals surface area contributed by atoms with Gasteiger partial charge in [-0.2, -0.15) is 0 Å². The van der Waals surface area contributed by atoms with Crippen LogP contribution >= 0.6 is 0 Å². The summed E-state index contributed by atoms with van der Waals surface area (Å²) in [5, 5.41) is 3.33. The second-order valence-electron chi connectivity index (χ2n) is 4.83. The maximum Gasteiger partial charge on any atom is 0.211 e. The third-order valence-electron chi connectivity index (χ3n) is 3.17. The maximum atomic E-state index is 11.5. The van der Waals surface area contributed by atoms with Crippen LogP contribution in [0.1, 0.15) is 25.8 Å². The molecule has 1 rings (SSSR count). The van der Waals surface area contributed by atoms with Crippen LogP contribution < -0.4 is 10.1 Å². The molecule has 0 amide bonds. The van der Waals surface area contributed by atoms with Crippen LogP contribution in [0.5, 0.6) is 5.75 Å². The molecule has 21 heavy (non-hydrogen) atoms. The van der Waals surface area contributed by atoms with Crippen molar-refractivity contribution in [2.45, 2.75) is 26.8 Å². The molecule has 0 aliphatic carbocycles. The molecule has 1 aromatic carbocycles. The second-order valence-corrected chi connectivity index (χ2v) is 6.81. The van der Waals surface area contributed by atoms with Crippen molar-refractivity contribution in [3.05, 3.63) is 29.8 Å². The van der Waals surface area contributed by atoms with E-state index in [0.717, 1.165) is 30.8 Å². The van der Waals surface area contributed by atoms with Crippen molar-refractivity contribution < 1.29 is 13.2 Å². The van der Waals surface area contributed by atoms with E-state index in [9.17, 15) is 8.42 Å². The Balaban J connectivity index is 2.35. The molecular formula is C15H26N2O3S. The quantitative estimate of drug-likeness (QED) is 0.670. The number of hydrogen-bond donors (Lipinski definition) is 1. The zero-order valence-electron chi connectivity index (χ0n) is 13.1. The molecular weight excluding hydrogens is 288 g/mol. The third-order valence-corrected chi connectivity index (χ3v) is 4.55. The van der Waals surface area contributed by atoms with Crippen molar-refractivity contribution in [3.63, 3.8) is 0 Å². The van der Waals surface area contributed by atoms with Gasteiger partial charge in [-0.3, -0.25) is 0 Å². The van der Waals surface area contributed by atoms with Gasteiger partial charge in [-0.25, -0.2) is 12.7 Å². The van der Waals surface area contributed by atoms with E-state index in [1.165, 1.54) is 10.6 Å². The lowest BCUT2D eigenvalue weighted by Gasteiger charge is -2.17. The van der Waals surface area contributed by atoms with Gasteiger partial charge in [0.2, 0.25) is 10.0 Å². The molecule has 1 aromatic rings. The molecule has 6 heteroatoms. The number of nitrogens with one attached hydrogen (secondary N) is 1. The zero-order valence-corrected chi connectivity index (χ0v) is 13.9. The number of benzene rings is 1. The van der Waals surface area contributed by atoms with Crippen molar-refractivity contribution >= 4 is 10.0 Å². The lowest BCUT2D eigenvalue weighted by Crippen LogP contribution is -2.32. The van der Waals surface area contributed by atoms with Gasteiger partial charge in [0.15, 0.2) is 0 Å². The van der Waals surface area contributed by atoms with E-state index < -0.39 is 10.0 Å². The molecule has 0 radical (unpaired) electrons.